The first-order valence-corrected chi connectivity index (χ1v) is 10.5. The number of thiophene rings is 1. The molecule has 6 nitrogen and oxygen atoms in total. The van der Waals surface area contributed by atoms with Crippen molar-refractivity contribution in [1.29, 1.82) is 0 Å². The van der Waals surface area contributed by atoms with E-state index in [1.807, 2.05) is 0 Å². The Hall–Kier alpha value is -1.67. The first kappa shape index (κ1) is 16.8. The van der Waals surface area contributed by atoms with E-state index in [1.165, 1.54) is 17.7 Å². The van der Waals surface area contributed by atoms with Gasteiger partial charge in [-0.3, -0.25) is 0 Å². The highest BCUT2D eigenvalue weighted by molar-refractivity contribution is 7.98. The Kier molecular flexibility index (Phi) is 4.89. The zero-order valence-electron chi connectivity index (χ0n) is 14.4. The van der Waals surface area contributed by atoms with Gasteiger partial charge in [-0.05, 0) is 30.2 Å². The quantitative estimate of drug-likeness (QED) is 0.551. The van der Waals surface area contributed by atoms with E-state index in [-0.39, 0.29) is 0 Å². The molecule has 0 N–H and O–H groups in total. The van der Waals surface area contributed by atoms with E-state index in [2.05, 4.69) is 56.3 Å². The Morgan fingerprint density at radius 3 is 2.96 bits per heavy atom. The van der Waals surface area contributed by atoms with E-state index in [4.69, 9.17) is 4.52 Å². The van der Waals surface area contributed by atoms with Crippen molar-refractivity contribution < 1.29 is 4.52 Å². The molecular weight excluding hydrogens is 354 g/mol. The Morgan fingerprint density at radius 1 is 1.36 bits per heavy atom. The normalized spacial score (nSPS) is 14.5. The summed E-state index contributed by atoms with van der Waals surface area (Å²) in [5, 5.41) is 16.0. The highest BCUT2D eigenvalue weighted by Gasteiger charge is 2.29. The molecule has 1 fully saturated rings. The second-order valence-electron chi connectivity index (χ2n) is 6.75. The SMILES string of the molecule is CC(C)Cc1nc(CSc2nnc(Cc3cccs3)n2C2CC2)no1. The number of nitrogens with zero attached hydrogens (tertiary/aromatic N) is 5. The summed E-state index contributed by atoms with van der Waals surface area (Å²) in [5.41, 5.74) is 0. The smallest absolute Gasteiger partial charge is 0.226 e. The standard InChI is InChI=1S/C17H21N5OS2/c1-11(2)8-16-18-14(21-23-16)10-25-17-20-19-15(22(17)12-5-6-12)9-13-4-3-7-24-13/h3-4,7,11-12H,5-6,8-10H2,1-2H3. The van der Waals surface area contributed by atoms with E-state index in [1.54, 1.807) is 23.1 Å². The van der Waals surface area contributed by atoms with Gasteiger partial charge >= 0.3 is 0 Å². The lowest BCUT2D eigenvalue weighted by Crippen LogP contribution is -2.03. The van der Waals surface area contributed by atoms with E-state index < -0.39 is 0 Å². The minimum absolute atomic E-state index is 0.513. The summed E-state index contributed by atoms with van der Waals surface area (Å²) in [6.45, 7) is 4.29. The van der Waals surface area contributed by atoms with Crippen LogP contribution in [0.5, 0.6) is 0 Å². The molecule has 25 heavy (non-hydrogen) atoms. The van der Waals surface area contributed by atoms with Gasteiger partial charge < -0.3 is 9.09 Å². The maximum absolute atomic E-state index is 5.31. The van der Waals surface area contributed by atoms with Crippen LogP contribution in [0, 0.1) is 5.92 Å². The van der Waals surface area contributed by atoms with Gasteiger partial charge in [0.05, 0.1) is 5.75 Å². The summed E-state index contributed by atoms with van der Waals surface area (Å²) >= 11 is 3.41. The third kappa shape index (κ3) is 4.12. The van der Waals surface area contributed by atoms with Gasteiger partial charge in [0.1, 0.15) is 5.82 Å². The van der Waals surface area contributed by atoms with E-state index in [9.17, 15) is 0 Å². The predicted molar refractivity (Wildman–Crippen MR) is 97.8 cm³/mol. The molecule has 4 rings (SSSR count). The largest absolute Gasteiger partial charge is 0.339 e. The molecule has 132 valence electrons. The molecule has 0 atom stereocenters. The molecule has 0 bridgehead atoms. The minimum Gasteiger partial charge on any atom is -0.339 e. The highest BCUT2D eigenvalue weighted by Crippen LogP contribution is 2.39. The second kappa shape index (κ2) is 7.29. The fourth-order valence-electron chi connectivity index (χ4n) is 2.70. The van der Waals surface area contributed by atoms with Crippen LogP contribution < -0.4 is 0 Å². The van der Waals surface area contributed by atoms with Crippen molar-refractivity contribution in [1.82, 2.24) is 24.9 Å². The summed E-state index contributed by atoms with van der Waals surface area (Å²) < 4.78 is 7.62. The lowest BCUT2D eigenvalue weighted by atomic mass is 10.1. The molecule has 0 radical (unpaired) electrons. The molecule has 0 spiro atoms. The van der Waals surface area contributed by atoms with Gasteiger partial charge in [-0.25, -0.2) is 0 Å². The number of hydrogen-bond acceptors (Lipinski definition) is 7. The van der Waals surface area contributed by atoms with Crippen LogP contribution in [-0.4, -0.2) is 24.9 Å². The summed E-state index contributed by atoms with van der Waals surface area (Å²) in [5.74, 6) is 3.67. The number of thioether (sulfide) groups is 1. The van der Waals surface area contributed by atoms with Gasteiger partial charge in [-0.2, -0.15) is 4.98 Å². The van der Waals surface area contributed by atoms with E-state index in [0.29, 0.717) is 23.6 Å². The van der Waals surface area contributed by atoms with Crippen LogP contribution >= 0.6 is 23.1 Å². The monoisotopic (exact) mass is 375 g/mol. The Balaban J connectivity index is 1.45. The van der Waals surface area contributed by atoms with Crippen molar-refractivity contribution in [3.63, 3.8) is 0 Å². The summed E-state index contributed by atoms with van der Waals surface area (Å²) in [4.78, 5) is 5.79. The molecule has 3 heterocycles. The zero-order valence-corrected chi connectivity index (χ0v) is 16.0. The lowest BCUT2D eigenvalue weighted by Gasteiger charge is -2.07. The molecule has 3 aromatic rings. The fraction of sp³-hybridized carbons (Fsp3) is 0.529. The van der Waals surface area contributed by atoms with Crippen LogP contribution in [-0.2, 0) is 18.6 Å². The third-order valence-corrected chi connectivity index (χ3v) is 5.80. The van der Waals surface area contributed by atoms with Crippen molar-refractivity contribution >= 4 is 23.1 Å². The van der Waals surface area contributed by atoms with Crippen molar-refractivity contribution in [2.24, 2.45) is 5.92 Å². The summed E-state index contributed by atoms with van der Waals surface area (Å²) in [6.07, 6.45) is 4.09. The van der Waals surface area contributed by atoms with Crippen molar-refractivity contribution in [3.05, 3.63) is 39.9 Å². The minimum atomic E-state index is 0.513. The van der Waals surface area contributed by atoms with Crippen LogP contribution in [0.1, 0.15) is 55.1 Å². The molecule has 1 aliphatic rings. The van der Waals surface area contributed by atoms with Crippen LogP contribution in [0.25, 0.3) is 0 Å². The number of hydrogen-bond donors (Lipinski definition) is 0. The Morgan fingerprint density at radius 2 is 2.24 bits per heavy atom. The fourth-order valence-corrected chi connectivity index (χ4v) is 4.27. The predicted octanol–water partition coefficient (Wildman–Crippen LogP) is 4.14. The maximum Gasteiger partial charge on any atom is 0.226 e. The lowest BCUT2D eigenvalue weighted by molar-refractivity contribution is 0.360. The molecule has 0 unspecified atom stereocenters. The van der Waals surface area contributed by atoms with Crippen LogP contribution in [0.3, 0.4) is 0 Å². The topological polar surface area (TPSA) is 69.6 Å². The average molecular weight is 376 g/mol. The molecule has 1 aliphatic carbocycles. The van der Waals surface area contributed by atoms with Gasteiger partial charge in [-0.15, -0.1) is 21.5 Å². The van der Waals surface area contributed by atoms with Crippen LogP contribution in [0.15, 0.2) is 27.2 Å². The van der Waals surface area contributed by atoms with Crippen molar-refractivity contribution in [2.45, 2.75) is 56.5 Å². The van der Waals surface area contributed by atoms with Crippen molar-refractivity contribution in [2.75, 3.05) is 0 Å². The van der Waals surface area contributed by atoms with Gasteiger partial charge in [0.2, 0.25) is 5.89 Å². The van der Waals surface area contributed by atoms with Gasteiger partial charge in [0, 0.05) is 23.8 Å². The molecule has 0 saturated heterocycles. The van der Waals surface area contributed by atoms with Gasteiger partial charge in [0.15, 0.2) is 11.0 Å². The Bertz CT molecular complexity index is 820. The van der Waals surface area contributed by atoms with Crippen LogP contribution in [0.2, 0.25) is 0 Å². The van der Waals surface area contributed by atoms with Crippen molar-refractivity contribution in [3.8, 4) is 0 Å². The first-order valence-electron chi connectivity index (χ1n) is 8.59. The summed E-state index contributed by atoms with van der Waals surface area (Å²) in [6, 6.07) is 4.78. The molecule has 1 saturated carbocycles. The van der Waals surface area contributed by atoms with E-state index >= 15 is 0 Å². The maximum atomic E-state index is 5.31. The third-order valence-electron chi connectivity index (χ3n) is 3.98. The number of rotatable bonds is 8. The van der Waals surface area contributed by atoms with Crippen LogP contribution in [0.4, 0.5) is 0 Å². The molecular formula is C17H21N5OS2. The zero-order chi connectivity index (χ0) is 17.2. The highest BCUT2D eigenvalue weighted by atomic mass is 32.2. The molecule has 8 heteroatoms. The second-order valence-corrected chi connectivity index (χ2v) is 8.72. The Labute approximate surface area is 155 Å². The van der Waals surface area contributed by atoms with Gasteiger partial charge in [0.25, 0.3) is 0 Å². The molecule has 0 aliphatic heterocycles. The molecule has 0 amide bonds. The average Bonchev–Trinajstić information content (AvgIpc) is 2.99. The van der Waals surface area contributed by atoms with Gasteiger partial charge in [-0.1, -0.05) is 36.8 Å². The van der Waals surface area contributed by atoms with E-state index in [0.717, 1.165) is 29.6 Å². The molecule has 3 aromatic heterocycles. The summed E-state index contributed by atoms with van der Waals surface area (Å²) in [7, 11) is 0. The first-order chi connectivity index (χ1) is 12.2. The molecule has 0 aromatic carbocycles. The number of aromatic nitrogens is 5.